The zero-order chi connectivity index (χ0) is 11.7. The molecule has 82 valence electrons. The highest BCUT2D eigenvalue weighted by molar-refractivity contribution is 5.76. The van der Waals surface area contributed by atoms with Crippen molar-refractivity contribution in [3.05, 3.63) is 59.1 Å². The summed E-state index contributed by atoms with van der Waals surface area (Å²) < 4.78 is 5.59. The normalized spacial score (nSPS) is 10.6. The SMILES string of the molecule is O=c1nc(-c2ccncc2)oc2ccccc12. The lowest BCUT2D eigenvalue weighted by molar-refractivity contribution is 0.595. The molecule has 17 heavy (non-hydrogen) atoms. The van der Waals surface area contributed by atoms with Crippen LogP contribution in [0.4, 0.5) is 0 Å². The zero-order valence-electron chi connectivity index (χ0n) is 8.83. The van der Waals surface area contributed by atoms with Gasteiger partial charge < -0.3 is 4.42 Å². The minimum absolute atomic E-state index is 0.279. The zero-order valence-corrected chi connectivity index (χ0v) is 8.83. The number of benzene rings is 1. The Morgan fingerprint density at radius 2 is 1.76 bits per heavy atom. The second-order valence-electron chi connectivity index (χ2n) is 3.56. The van der Waals surface area contributed by atoms with Crippen LogP contribution < -0.4 is 5.56 Å². The van der Waals surface area contributed by atoms with Gasteiger partial charge in [0.2, 0.25) is 5.89 Å². The molecule has 0 N–H and O–H groups in total. The molecule has 3 rings (SSSR count). The molecule has 1 aromatic carbocycles. The predicted octanol–water partition coefficient (Wildman–Crippen LogP) is 2.25. The van der Waals surface area contributed by atoms with E-state index in [1.54, 1.807) is 42.7 Å². The van der Waals surface area contributed by atoms with Crippen LogP contribution in [0, 0.1) is 0 Å². The van der Waals surface area contributed by atoms with Crippen LogP contribution in [0.3, 0.4) is 0 Å². The first-order chi connectivity index (χ1) is 8.34. The van der Waals surface area contributed by atoms with E-state index in [1.807, 2.05) is 6.07 Å². The lowest BCUT2D eigenvalue weighted by Gasteiger charge is -2.00. The Bertz CT molecular complexity index is 720. The van der Waals surface area contributed by atoms with Gasteiger partial charge in [0.25, 0.3) is 5.56 Å². The Balaban J connectivity index is 2.30. The lowest BCUT2D eigenvalue weighted by atomic mass is 10.2. The summed E-state index contributed by atoms with van der Waals surface area (Å²) in [6.07, 6.45) is 3.26. The van der Waals surface area contributed by atoms with Gasteiger partial charge in [-0.1, -0.05) is 12.1 Å². The molecule has 0 aliphatic heterocycles. The summed E-state index contributed by atoms with van der Waals surface area (Å²) in [5, 5.41) is 0.491. The number of hydrogen-bond donors (Lipinski definition) is 0. The van der Waals surface area contributed by atoms with Crippen LogP contribution in [0.5, 0.6) is 0 Å². The highest BCUT2D eigenvalue weighted by atomic mass is 16.3. The third-order valence-corrected chi connectivity index (χ3v) is 2.45. The van der Waals surface area contributed by atoms with Gasteiger partial charge in [-0.2, -0.15) is 4.98 Å². The Morgan fingerprint density at radius 1 is 1.00 bits per heavy atom. The molecule has 0 saturated carbocycles. The molecule has 2 heterocycles. The largest absolute Gasteiger partial charge is 0.437 e. The van der Waals surface area contributed by atoms with Gasteiger partial charge in [0.1, 0.15) is 5.58 Å². The summed E-state index contributed by atoms with van der Waals surface area (Å²) in [4.78, 5) is 19.6. The van der Waals surface area contributed by atoms with E-state index in [9.17, 15) is 4.79 Å². The summed E-state index contributed by atoms with van der Waals surface area (Å²) >= 11 is 0. The van der Waals surface area contributed by atoms with Gasteiger partial charge in [-0.05, 0) is 24.3 Å². The molecule has 0 bridgehead atoms. The van der Waals surface area contributed by atoms with Crippen molar-refractivity contribution < 1.29 is 4.42 Å². The molecular formula is C13H8N2O2. The molecule has 0 saturated heterocycles. The van der Waals surface area contributed by atoms with Gasteiger partial charge in [-0.25, -0.2) is 0 Å². The fraction of sp³-hybridized carbons (Fsp3) is 0. The molecule has 4 heteroatoms. The van der Waals surface area contributed by atoms with Crippen molar-refractivity contribution in [3.8, 4) is 11.5 Å². The van der Waals surface area contributed by atoms with Gasteiger partial charge in [-0.3, -0.25) is 9.78 Å². The maximum atomic E-state index is 11.8. The first-order valence-corrected chi connectivity index (χ1v) is 5.15. The first-order valence-electron chi connectivity index (χ1n) is 5.15. The van der Waals surface area contributed by atoms with Crippen molar-refractivity contribution in [2.24, 2.45) is 0 Å². The predicted molar refractivity (Wildman–Crippen MR) is 63.5 cm³/mol. The highest BCUT2D eigenvalue weighted by Crippen LogP contribution is 2.18. The highest BCUT2D eigenvalue weighted by Gasteiger charge is 2.07. The summed E-state index contributed by atoms with van der Waals surface area (Å²) in [5.74, 6) is 0.316. The number of hydrogen-bond acceptors (Lipinski definition) is 4. The van der Waals surface area contributed by atoms with E-state index < -0.39 is 0 Å². The molecule has 4 nitrogen and oxygen atoms in total. The number of fused-ring (bicyclic) bond motifs is 1. The average Bonchev–Trinajstić information content (AvgIpc) is 2.40. The quantitative estimate of drug-likeness (QED) is 0.636. The number of para-hydroxylation sites is 1. The third kappa shape index (κ3) is 1.69. The molecular weight excluding hydrogens is 216 g/mol. The second-order valence-corrected chi connectivity index (χ2v) is 3.56. The van der Waals surface area contributed by atoms with Crippen molar-refractivity contribution in [2.45, 2.75) is 0 Å². The molecule has 0 aliphatic carbocycles. The van der Waals surface area contributed by atoms with Crippen LogP contribution >= 0.6 is 0 Å². The Kier molecular flexibility index (Phi) is 2.19. The fourth-order valence-corrected chi connectivity index (χ4v) is 1.63. The standard InChI is InChI=1S/C13H8N2O2/c16-12-10-3-1-2-4-11(10)17-13(15-12)9-5-7-14-8-6-9/h1-8H. The van der Waals surface area contributed by atoms with E-state index in [0.29, 0.717) is 16.9 Å². The molecule has 0 atom stereocenters. The molecule has 0 radical (unpaired) electrons. The van der Waals surface area contributed by atoms with Gasteiger partial charge in [0, 0.05) is 18.0 Å². The van der Waals surface area contributed by atoms with E-state index in [0.717, 1.165) is 5.56 Å². The van der Waals surface area contributed by atoms with Crippen molar-refractivity contribution in [2.75, 3.05) is 0 Å². The monoisotopic (exact) mass is 224 g/mol. The van der Waals surface area contributed by atoms with Gasteiger partial charge in [0.05, 0.1) is 5.39 Å². The number of rotatable bonds is 1. The third-order valence-electron chi connectivity index (χ3n) is 2.45. The van der Waals surface area contributed by atoms with E-state index >= 15 is 0 Å². The maximum Gasteiger partial charge on any atom is 0.284 e. The molecule has 3 aromatic rings. The summed E-state index contributed by atoms with van der Waals surface area (Å²) in [6, 6.07) is 10.6. The van der Waals surface area contributed by atoms with E-state index in [1.165, 1.54) is 0 Å². The van der Waals surface area contributed by atoms with Crippen molar-refractivity contribution in [1.82, 2.24) is 9.97 Å². The van der Waals surface area contributed by atoms with Crippen LogP contribution in [0.2, 0.25) is 0 Å². The van der Waals surface area contributed by atoms with E-state index in [-0.39, 0.29) is 5.56 Å². The van der Waals surface area contributed by atoms with Crippen LogP contribution in [-0.4, -0.2) is 9.97 Å². The summed E-state index contributed by atoms with van der Waals surface area (Å²) in [7, 11) is 0. The van der Waals surface area contributed by atoms with Gasteiger partial charge >= 0.3 is 0 Å². The molecule has 0 spiro atoms. The second kappa shape index (κ2) is 3.83. The molecule has 0 unspecified atom stereocenters. The number of pyridine rings is 1. The van der Waals surface area contributed by atoms with Crippen LogP contribution in [-0.2, 0) is 0 Å². The molecule has 2 aromatic heterocycles. The van der Waals surface area contributed by atoms with Crippen molar-refractivity contribution >= 4 is 11.0 Å². The first kappa shape index (κ1) is 9.72. The van der Waals surface area contributed by atoms with Crippen LogP contribution in [0.1, 0.15) is 0 Å². The maximum absolute atomic E-state index is 11.8. The van der Waals surface area contributed by atoms with Crippen molar-refractivity contribution in [3.63, 3.8) is 0 Å². The Hall–Kier alpha value is -2.49. The van der Waals surface area contributed by atoms with E-state index in [2.05, 4.69) is 9.97 Å². The molecule has 0 amide bonds. The smallest absolute Gasteiger partial charge is 0.284 e. The Morgan fingerprint density at radius 3 is 2.59 bits per heavy atom. The minimum Gasteiger partial charge on any atom is -0.437 e. The summed E-state index contributed by atoms with van der Waals surface area (Å²) in [5.41, 5.74) is 1.00. The van der Waals surface area contributed by atoms with Crippen molar-refractivity contribution in [1.29, 1.82) is 0 Å². The van der Waals surface area contributed by atoms with E-state index in [4.69, 9.17) is 4.42 Å². The van der Waals surface area contributed by atoms with Crippen LogP contribution in [0.25, 0.3) is 22.4 Å². The minimum atomic E-state index is -0.279. The average molecular weight is 224 g/mol. The van der Waals surface area contributed by atoms with Gasteiger partial charge in [0.15, 0.2) is 0 Å². The lowest BCUT2D eigenvalue weighted by Crippen LogP contribution is -2.06. The number of nitrogens with zero attached hydrogens (tertiary/aromatic N) is 2. The van der Waals surface area contributed by atoms with Gasteiger partial charge in [-0.15, -0.1) is 0 Å². The summed E-state index contributed by atoms with van der Waals surface area (Å²) in [6.45, 7) is 0. The number of aromatic nitrogens is 2. The fourth-order valence-electron chi connectivity index (χ4n) is 1.63. The topological polar surface area (TPSA) is 56.0 Å². The molecule has 0 aliphatic rings. The Labute approximate surface area is 96.6 Å². The molecule has 0 fully saturated rings. The van der Waals surface area contributed by atoms with Crippen LogP contribution in [0.15, 0.2) is 58.0 Å².